The molecule has 0 unspecified atom stereocenters. The molecule has 0 fully saturated rings. The lowest BCUT2D eigenvalue weighted by atomic mass is 10.1. The van der Waals surface area contributed by atoms with Gasteiger partial charge in [0.25, 0.3) is 5.91 Å². The number of carbonyl (C=O) groups is 1. The highest BCUT2D eigenvalue weighted by atomic mass is 32.1. The van der Waals surface area contributed by atoms with Crippen LogP contribution in [0.15, 0.2) is 76.7 Å². The van der Waals surface area contributed by atoms with E-state index in [1.165, 1.54) is 28.4 Å². The summed E-state index contributed by atoms with van der Waals surface area (Å²) in [5.74, 6) is 1.06. The molecule has 0 atom stereocenters. The molecule has 0 radical (unpaired) electrons. The van der Waals surface area contributed by atoms with Crippen molar-refractivity contribution < 1.29 is 27.1 Å². The van der Waals surface area contributed by atoms with Crippen molar-refractivity contribution in [2.24, 2.45) is 0 Å². The second kappa shape index (κ2) is 9.50. The zero-order chi connectivity index (χ0) is 23.4. The van der Waals surface area contributed by atoms with Gasteiger partial charge in [-0.25, -0.2) is 4.98 Å². The Hall–Kier alpha value is -3.59. The summed E-state index contributed by atoms with van der Waals surface area (Å²) < 4.78 is 48.9. The van der Waals surface area contributed by atoms with E-state index in [1.807, 2.05) is 12.1 Å². The number of furan rings is 1. The van der Waals surface area contributed by atoms with Crippen molar-refractivity contribution in [1.29, 1.82) is 0 Å². The van der Waals surface area contributed by atoms with Crippen molar-refractivity contribution in [3.8, 4) is 16.3 Å². The van der Waals surface area contributed by atoms with Gasteiger partial charge in [0, 0.05) is 18.0 Å². The molecular formula is C24H19F3N2O3S. The monoisotopic (exact) mass is 472 g/mol. The Bertz CT molecular complexity index is 1200. The SMILES string of the molecule is CN(Cc1ccco1)C(=O)c1csc(-c2ccc(OCc3ccc(C(F)(F)F)cc3)cc2)n1. The molecule has 0 aliphatic carbocycles. The molecule has 1 amide bonds. The Morgan fingerprint density at radius 3 is 2.45 bits per heavy atom. The Labute approximate surface area is 192 Å². The third-order valence-electron chi connectivity index (χ3n) is 4.83. The van der Waals surface area contributed by atoms with Gasteiger partial charge in [-0.1, -0.05) is 12.1 Å². The molecule has 33 heavy (non-hydrogen) atoms. The third-order valence-corrected chi connectivity index (χ3v) is 5.72. The number of thiazole rings is 1. The lowest BCUT2D eigenvalue weighted by Crippen LogP contribution is -2.26. The maximum absolute atomic E-state index is 12.6. The van der Waals surface area contributed by atoms with E-state index in [4.69, 9.17) is 9.15 Å². The van der Waals surface area contributed by atoms with E-state index in [1.54, 1.807) is 43.0 Å². The lowest BCUT2D eigenvalue weighted by molar-refractivity contribution is -0.137. The highest BCUT2D eigenvalue weighted by Crippen LogP contribution is 2.30. The molecule has 4 rings (SSSR count). The fraction of sp³-hybridized carbons (Fsp3) is 0.167. The van der Waals surface area contributed by atoms with Crippen molar-refractivity contribution in [1.82, 2.24) is 9.88 Å². The number of amides is 1. The number of rotatable bonds is 7. The topological polar surface area (TPSA) is 55.6 Å². The Morgan fingerprint density at radius 2 is 1.82 bits per heavy atom. The standard InChI is InChI=1S/C24H19F3N2O3S/c1-29(13-20-3-2-12-31-20)23(30)21-15-33-22(28-21)17-6-10-19(11-7-17)32-14-16-4-8-18(9-5-16)24(25,26)27/h2-12,15H,13-14H2,1H3. The van der Waals surface area contributed by atoms with E-state index < -0.39 is 11.7 Å². The summed E-state index contributed by atoms with van der Waals surface area (Å²) in [6, 6.07) is 15.6. The number of halogens is 3. The van der Waals surface area contributed by atoms with Crippen LogP contribution < -0.4 is 4.74 Å². The molecule has 2 aromatic heterocycles. The van der Waals surface area contributed by atoms with Crippen LogP contribution in [0.3, 0.4) is 0 Å². The Morgan fingerprint density at radius 1 is 1.09 bits per heavy atom. The molecule has 0 N–H and O–H groups in total. The molecule has 0 saturated heterocycles. The number of aromatic nitrogens is 1. The number of hydrogen-bond acceptors (Lipinski definition) is 5. The molecule has 2 aromatic carbocycles. The van der Waals surface area contributed by atoms with Crippen LogP contribution in [0, 0.1) is 0 Å². The number of hydrogen-bond donors (Lipinski definition) is 0. The van der Waals surface area contributed by atoms with Crippen LogP contribution in [-0.2, 0) is 19.3 Å². The number of ether oxygens (including phenoxy) is 1. The van der Waals surface area contributed by atoms with Gasteiger partial charge in [-0.05, 0) is 54.1 Å². The summed E-state index contributed by atoms with van der Waals surface area (Å²) in [6.07, 6.45) is -2.80. The van der Waals surface area contributed by atoms with Crippen molar-refractivity contribution in [2.75, 3.05) is 7.05 Å². The van der Waals surface area contributed by atoms with Crippen LogP contribution in [0.25, 0.3) is 10.6 Å². The van der Waals surface area contributed by atoms with Crippen LogP contribution in [0.4, 0.5) is 13.2 Å². The Kier molecular flexibility index (Phi) is 6.50. The van der Waals surface area contributed by atoms with Crippen molar-refractivity contribution in [3.05, 3.63) is 94.9 Å². The largest absolute Gasteiger partial charge is 0.489 e. The van der Waals surface area contributed by atoms with Crippen LogP contribution in [0.1, 0.15) is 27.4 Å². The van der Waals surface area contributed by atoms with Gasteiger partial charge < -0.3 is 14.1 Å². The first-order valence-electron chi connectivity index (χ1n) is 9.92. The third kappa shape index (κ3) is 5.61. The smallest absolute Gasteiger partial charge is 0.416 e. The number of nitrogens with zero attached hydrogens (tertiary/aromatic N) is 2. The molecule has 0 aliphatic heterocycles. The van der Waals surface area contributed by atoms with Crippen molar-refractivity contribution >= 4 is 17.2 Å². The van der Waals surface area contributed by atoms with Gasteiger partial charge >= 0.3 is 6.18 Å². The van der Waals surface area contributed by atoms with Gasteiger partial charge in [0.05, 0.1) is 18.4 Å². The predicted molar refractivity (Wildman–Crippen MR) is 118 cm³/mol. The van der Waals surface area contributed by atoms with E-state index in [0.29, 0.717) is 34.3 Å². The van der Waals surface area contributed by atoms with Gasteiger partial charge in [-0.2, -0.15) is 13.2 Å². The summed E-state index contributed by atoms with van der Waals surface area (Å²) in [4.78, 5) is 18.6. The minimum atomic E-state index is -4.36. The zero-order valence-corrected chi connectivity index (χ0v) is 18.3. The lowest BCUT2D eigenvalue weighted by Gasteiger charge is -2.13. The van der Waals surface area contributed by atoms with Gasteiger partial charge in [0.1, 0.15) is 28.8 Å². The molecular weight excluding hydrogens is 453 g/mol. The fourth-order valence-corrected chi connectivity index (χ4v) is 3.86. The summed E-state index contributed by atoms with van der Waals surface area (Å²) in [5, 5.41) is 2.41. The van der Waals surface area contributed by atoms with Crippen LogP contribution >= 0.6 is 11.3 Å². The number of alkyl halides is 3. The molecule has 0 aliphatic rings. The summed E-state index contributed by atoms with van der Waals surface area (Å²) in [7, 11) is 1.69. The molecule has 4 aromatic rings. The van der Waals surface area contributed by atoms with Crippen LogP contribution in [-0.4, -0.2) is 22.8 Å². The summed E-state index contributed by atoms with van der Waals surface area (Å²) in [5.41, 5.74) is 1.12. The first kappa shape index (κ1) is 22.6. The van der Waals surface area contributed by atoms with Gasteiger partial charge in [-0.15, -0.1) is 11.3 Å². The molecule has 9 heteroatoms. The highest BCUT2D eigenvalue weighted by molar-refractivity contribution is 7.13. The molecule has 5 nitrogen and oxygen atoms in total. The first-order valence-corrected chi connectivity index (χ1v) is 10.8. The molecule has 170 valence electrons. The van der Waals surface area contributed by atoms with E-state index in [0.717, 1.165) is 17.7 Å². The summed E-state index contributed by atoms with van der Waals surface area (Å²) >= 11 is 1.36. The van der Waals surface area contributed by atoms with E-state index in [9.17, 15) is 18.0 Å². The quantitative estimate of drug-likeness (QED) is 0.318. The minimum Gasteiger partial charge on any atom is -0.489 e. The summed E-state index contributed by atoms with van der Waals surface area (Å²) in [6.45, 7) is 0.499. The fourth-order valence-electron chi connectivity index (χ4n) is 3.06. The minimum absolute atomic E-state index is 0.148. The Balaban J connectivity index is 1.35. The predicted octanol–water partition coefficient (Wildman–Crippen LogP) is 6.27. The zero-order valence-electron chi connectivity index (χ0n) is 17.5. The van der Waals surface area contributed by atoms with E-state index >= 15 is 0 Å². The second-order valence-electron chi connectivity index (χ2n) is 7.29. The first-order chi connectivity index (χ1) is 15.8. The van der Waals surface area contributed by atoms with Crippen LogP contribution in [0.5, 0.6) is 5.75 Å². The average Bonchev–Trinajstić information content (AvgIpc) is 3.50. The normalized spacial score (nSPS) is 11.4. The molecule has 2 heterocycles. The van der Waals surface area contributed by atoms with Crippen LogP contribution in [0.2, 0.25) is 0 Å². The number of benzene rings is 2. The maximum Gasteiger partial charge on any atom is 0.416 e. The maximum atomic E-state index is 12.6. The van der Waals surface area contributed by atoms with E-state index in [2.05, 4.69) is 4.98 Å². The second-order valence-corrected chi connectivity index (χ2v) is 8.14. The van der Waals surface area contributed by atoms with Crippen molar-refractivity contribution in [2.45, 2.75) is 19.3 Å². The molecule has 0 saturated carbocycles. The number of carbonyl (C=O) groups excluding carboxylic acids is 1. The van der Waals surface area contributed by atoms with Crippen molar-refractivity contribution in [3.63, 3.8) is 0 Å². The molecule has 0 spiro atoms. The van der Waals surface area contributed by atoms with E-state index in [-0.39, 0.29) is 12.5 Å². The van der Waals surface area contributed by atoms with Gasteiger partial charge in [0.2, 0.25) is 0 Å². The molecule has 0 bridgehead atoms. The highest BCUT2D eigenvalue weighted by Gasteiger charge is 2.29. The van der Waals surface area contributed by atoms with Gasteiger partial charge in [-0.3, -0.25) is 4.79 Å². The average molecular weight is 472 g/mol. The van der Waals surface area contributed by atoms with Gasteiger partial charge in [0.15, 0.2) is 0 Å².